The van der Waals surface area contributed by atoms with Crippen LogP contribution < -0.4 is 4.90 Å². The van der Waals surface area contributed by atoms with E-state index in [0.29, 0.717) is 10.6 Å². The molecule has 19 heavy (non-hydrogen) atoms. The molecular formula is C16H16ClNO. The number of carbonyl (C=O) groups excluding carboxylic acids is 1. The van der Waals surface area contributed by atoms with Crippen LogP contribution in [0.15, 0.2) is 36.4 Å². The fourth-order valence-corrected chi connectivity index (χ4v) is 2.56. The molecule has 0 fully saturated rings. The van der Waals surface area contributed by atoms with Gasteiger partial charge in [-0.1, -0.05) is 23.7 Å². The quantitative estimate of drug-likeness (QED) is 0.766. The maximum atomic E-state index is 11.2. The second-order valence-corrected chi connectivity index (χ2v) is 5.11. The first kappa shape index (κ1) is 13.6. The molecule has 0 bridgehead atoms. The standard InChI is InChI=1S/C16H16ClNO/c1-11-7-12(2)9-14(8-11)18(3)16-13(10-19)5-4-6-15(16)17/h4-10H,1-3H3. The van der Waals surface area contributed by atoms with E-state index in [1.54, 1.807) is 18.2 Å². The lowest BCUT2D eigenvalue weighted by atomic mass is 10.1. The summed E-state index contributed by atoms with van der Waals surface area (Å²) >= 11 is 6.23. The third-order valence-corrected chi connectivity index (χ3v) is 3.38. The molecule has 2 aromatic rings. The highest BCUT2D eigenvalue weighted by Crippen LogP contribution is 2.33. The molecule has 0 atom stereocenters. The molecule has 0 spiro atoms. The number of aryl methyl sites for hydroxylation is 2. The van der Waals surface area contributed by atoms with Crippen molar-refractivity contribution in [3.63, 3.8) is 0 Å². The van der Waals surface area contributed by atoms with Gasteiger partial charge in [-0.15, -0.1) is 0 Å². The smallest absolute Gasteiger partial charge is 0.152 e. The zero-order valence-electron chi connectivity index (χ0n) is 11.3. The Morgan fingerprint density at radius 3 is 2.32 bits per heavy atom. The molecule has 2 rings (SSSR count). The number of nitrogens with zero attached hydrogens (tertiary/aromatic N) is 1. The van der Waals surface area contributed by atoms with E-state index in [9.17, 15) is 4.79 Å². The Kier molecular flexibility index (Phi) is 3.91. The van der Waals surface area contributed by atoms with Gasteiger partial charge < -0.3 is 4.90 Å². The van der Waals surface area contributed by atoms with Crippen molar-refractivity contribution in [2.24, 2.45) is 0 Å². The summed E-state index contributed by atoms with van der Waals surface area (Å²) in [4.78, 5) is 13.1. The number of anilines is 2. The molecule has 0 aliphatic heterocycles. The van der Waals surface area contributed by atoms with Crippen LogP contribution in [0.1, 0.15) is 21.5 Å². The molecule has 0 aliphatic carbocycles. The largest absolute Gasteiger partial charge is 0.343 e. The van der Waals surface area contributed by atoms with Crippen molar-refractivity contribution in [3.8, 4) is 0 Å². The molecule has 0 heterocycles. The van der Waals surface area contributed by atoms with Crippen LogP contribution in [0.2, 0.25) is 5.02 Å². The van der Waals surface area contributed by atoms with Crippen LogP contribution in [0, 0.1) is 13.8 Å². The van der Waals surface area contributed by atoms with Gasteiger partial charge in [-0.2, -0.15) is 0 Å². The van der Waals surface area contributed by atoms with E-state index in [-0.39, 0.29) is 0 Å². The molecule has 0 radical (unpaired) electrons. The maximum Gasteiger partial charge on any atom is 0.152 e. The Bertz CT molecular complexity index is 602. The summed E-state index contributed by atoms with van der Waals surface area (Å²) in [5, 5.41) is 0.575. The van der Waals surface area contributed by atoms with Crippen molar-refractivity contribution >= 4 is 29.3 Å². The van der Waals surface area contributed by atoms with Crippen LogP contribution in [0.3, 0.4) is 0 Å². The van der Waals surface area contributed by atoms with Gasteiger partial charge in [0.25, 0.3) is 0 Å². The Balaban J connectivity index is 2.55. The summed E-state index contributed by atoms with van der Waals surface area (Å²) < 4.78 is 0. The second-order valence-electron chi connectivity index (χ2n) is 4.70. The molecule has 0 unspecified atom stereocenters. The van der Waals surface area contributed by atoms with Gasteiger partial charge in [-0.3, -0.25) is 4.79 Å². The Labute approximate surface area is 118 Å². The molecule has 2 nitrogen and oxygen atoms in total. The molecule has 0 saturated heterocycles. The number of hydrogen-bond acceptors (Lipinski definition) is 2. The first-order chi connectivity index (χ1) is 9.02. The molecule has 0 aromatic heterocycles. The minimum atomic E-state index is 0.575. The third kappa shape index (κ3) is 2.79. The molecule has 0 amide bonds. The highest BCUT2D eigenvalue weighted by Gasteiger charge is 2.13. The Morgan fingerprint density at radius 2 is 1.74 bits per heavy atom. The second kappa shape index (κ2) is 5.45. The van der Waals surface area contributed by atoms with E-state index < -0.39 is 0 Å². The van der Waals surface area contributed by atoms with Crippen LogP contribution >= 0.6 is 11.6 Å². The number of para-hydroxylation sites is 1. The van der Waals surface area contributed by atoms with E-state index >= 15 is 0 Å². The predicted molar refractivity (Wildman–Crippen MR) is 80.8 cm³/mol. The summed E-state index contributed by atoms with van der Waals surface area (Å²) in [5.41, 5.74) is 4.72. The molecule has 98 valence electrons. The first-order valence-corrected chi connectivity index (χ1v) is 6.46. The Morgan fingerprint density at radius 1 is 1.11 bits per heavy atom. The summed E-state index contributed by atoms with van der Waals surface area (Å²) in [7, 11) is 1.92. The number of hydrogen-bond donors (Lipinski definition) is 0. The van der Waals surface area contributed by atoms with Crippen LogP contribution in [0.4, 0.5) is 11.4 Å². The summed E-state index contributed by atoms with van der Waals surface area (Å²) in [6.45, 7) is 4.11. The number of carbonyl (C=O) groups is 1. The van der Waals surface area contributed by atoms with Crippen molar-refractivity contribution < 1.29 is 4.79 Å². The van der Waals surface area contributed by atoms with Crippen molar-refractivity contribution in [1.82, 2.24) is 0 Å². The van der Waals surface area contributed by atoms with Gasteiger partial charge >= 0.3 is 0 Å². The third-order valence-electron chi connectivity index (χ3n) is 3.07. The SMILES string of the molecule is Cc1cc(C)cc(N(C)c2c(Cl)cccc2C=O)c1. The molecular weight excluding hydrogens is 258 g/mol. The summed E-state index contributed by atoms with van der Waals surface area (Å²) in [5.74, 6) is 0. The fraction of sp³-hybridized carbons (Fsp3) is 0.188. The van der Waals surface area contributed by atoms with Gasteiger partial charge in [-0.05, 0) is 49.2 Å². The molecule has 0 N–H and O–H groups in total. The van der Waals surface area contributed by atoms with Gasteiger partial charge in [0.2, 0.25) is 0 Å². The molecule has 0 saturated carbocycles. The number of rotatable bonds is 3. The fourth-order valence-electron chi connectivity index (χ4n) is 2.25. The molecule has 0 aliphatic rings. The van der Waals surface area contributed by atoms with E-state index in [4.69, 9.17) is 11.6 Å². The number of halogens is 1. The lowest BCUT2D eigenvalue weighted by molar-refractivity contribution is 0.112. The van der Waals surface area contributed by atoms with E-state index in [1.165, 1.54) is 11.1 Å². The first-order valence-electron chi connectivity index (χ1n) is 6.08. The van der Waals surface area contributed by atoms with Crippen LogP contribution in [0.5, 0.6) is 0 Å². The monoisotopic (exact) mass is 273 g/mol. The van der Waals surface area contributed by atoms with Crippen molar-refractivity contribution in [1.29, 1.82) is 0 Å². The molecule has 3 heteroatoms. The minimum absolute atomic E-state index is 0.575. The minimum Gasteiger partial charge on any atom is -0.343 e. The van der Waals surface area contributed by atoms with Crippen LogP contribution in [0.25, 0.3) is 0 Å². The summed E-state index contributed by atoms with van der Waals surface area (Å²) in [6, 6.07) is 11.6. The van der Waals surface area contributed by atoms with Gasteiger partial charge in [0.15, 0.2) is 6.29 Å². The van der Waals surface area contributed by atoms with Gasteiger partial charge in [0.05, 0.1) is 10.7 Å². The maximum absolute atomic E-state index is 11.2. The van der Waals surface area contributed by atoms with Gasteiger partial charge in [0, 0.05) is 18.3 Å². The Hall–Kier alpha value is -1.80. The average Bonchev–Trinajstić information content (AvgIpc) is 2.36. The summed E-state index contributed by atoms with van der Waals surface area (Å²) in [6.07, 6.45) is 0.834. The van der Waals surface area contributed by atoms with Crippen molar-refractivity contribution in [2.45, 2.75) is 13.8 Å². The lowest BCUT2D eigenvalue weighted by Gasteiger charge is -2.23. The van der Waals surface area contributed by atoms with Crippen molar-refractivity contribution in [3.05, 3.63) is 58.1 Å². The normalized spacial score (nSPS) is 10.3. The van der Waals surface area contributed by atoms with Crippen molar-refractivity contribution in [2.75, 3.05) is 11.9 Å². The van der Waals surface area contributed by atoms with Crippen LogP contribution in [-0.2, 0) is 0 Å². The van der Waals surface area contributed by atoms with Gasteiger partial charge in [-0.25, -0.2) is 0 Å². The van der Waals surface area contributed by atoms with Crippen LogP contribution in [-0.4, -0.2) is 13.3 Å². The topological polar surface area (TPSA) is 20.3 Å². The predicted octanol–water partition coefficient (Wildman–Crippen LogP) is 4.54. The zero-order valence-corrected chi connectivity index (χ0v) is 12.0. The number of aldehydes is 1. The highest BCUT2D eigenvalue weighted by atomic mass is 35.5. The lowest BCUT2D eigenvalue weighted by Crippen LogP contribution is -2.12. The molecule has 2 aromatic carbocycles. The zero-order chi connectivity index (χ0) is 14.0. The number of benzene rings is 2. The van der Waals surface area contributed by atoms with E-state index in [1.807, 2.05) is 11.9 Å². The van der Waals surface area contributed by atoms with Gasteiger partial charge in [0.1, 0.15) is 0 Å². The van der Waals surface area contributed by atoms with E-state index in [2.05, 4.69) is 32.0 Å². The average molecular weight is 274 g/mol. The highest BCUT2D eigenvalue weighted by molar-refractivity contribution is 6.34. The van der Waals surface area contributed by atoms with E-state index in [0.717, 1.165) is 17.7 Å².